The summed E-state index contributed by atoms with van der Waals surface area (Å²) < 4.78 is 0. The summed E-state index contributed by atoms with van der Waals surface area (Å²) in [5.74, 6) is -0.0644. The molecule has 1 fully saturated rings. The Morgan fingerprint density at radius 1 is 1.46 bits per heavy atom. The van der Waals surface area contributed by atoms with Crippen molar-refractivity contribution in [1.82, 2.24) is 9.88 Å². The van der Waals surface area contributed by atoms with Crippen molar-refractivity contribution in [3.63, 3.8) is 0 Å². The Kier molecular flexibility index (Phi) is 10.2. The summed E-state index contributed by atoms with van der Waals surface area (Å²) in [7, 11) is 0. The number of amides is 2. The summed E-state index contributed by atoms with van der Waals surface area (Å²) >= 11 is 5.76. The number of pyridine rings is 1. The van der Waals surface area contributed by atoms with E-state index in [-0.39, 0.29) is 48.5 Å². The molecule has 1 aromatic heterocycles. The fourth-order valence-corrected chi connectivity index (χ4v) is 2.59. The van der Waals surface area contributed by atoms with Crippen LogP contribution in [-0.4, -0.2) is 41.3 Å². The quantitative estimate of drug-likeness (QED) is 0.816. The zero-order chi connectivity index (χ0) is 16.1. The molecule has 2 atom stereocenters. The third kappa shape index (κ3) is 6.09. The molecular weight excluding hydrogens is 375 g/mol. The van der Waals surface area contributed by atoms with Crippen molar-refractivity contribution in [3.8, 4) is 0 Å². The molecule has 0 aromatic carbocycles. The molecule has 0 spiro atoms. The number of hydrogen-bond donors (Lipinski definition) is 2. The number of carbonyl (C=O) groups is 2. The van der Waals surface area contributed by atoms with Gasteiger partial charge in [-0.25, -0.2) is 4.98 Å². The summed E-state index contributed by atoms with van der Waals surface area (Å²) in [6.07, 6.45) is 3.06. The molecule has 1 saturated heterocycles. The lowest BCUT2D eigenvalue weighted by Gasteiger charge is -2.33. The minimum Gasteiger partial charge on any atom is -0.342 e. The van der Waals surface area contributed by atoms with E-state index in [9.17, 15) is 9.59 Å². The van der Waals surface area contributed by atoms with Crippen LogP contribution in [0.15, 0.2) is 18.3 Å². The summed E-state index contributed by atoms with van der Waals surface area (Å²) in [6.45, 7) is 3.25. The number of piperidine rings is 1. The third-order valence-electron chi connectivity index (χ3n) is 3.86. The maximum atomic E-state index is 12.3. The SMILES string of the molecule is CC(CN)C(=O)N1CCCC(C(=O)Nc2ccc(Cl)cn2)C1.Cl.Cl. The van der Waals surface area contributed by atoms with Crippen molar-refractivity contribution >= 4 is 54.0 Å². The molecule has 2 amide bonds. The molecule has 2 rings (SSSR count). The van der Waals surface area contributed by atoms with Gasteiger partial charge < -0.3 is 16.0 Å². The van der Waals surface area contributed by atoms with Gasteiger partial charge in [-0.15, -0.1) is 24.8 Å². The second-order valence-electron chi connectivity index (χ2n) is 5.61. The lowest BCUT2D eigenvalue weighted by molar-refractivity contribution is -0.137. The van der Waals surface area contributed by atoms with Gasteiger partial charge in [-0.3, -0.25) is 9.59 Å². The smallest absolute Gasteiger partial charge is 0.230 e. The van der Waals surface area contributed by atoms with Crippen LogP contribution in [0.4, 0.5) is 5.82 Å². The number of nitrogens with one attached hydrogen (secondary N) is 1. The molecule has 2 unspecified atom stereocenters. The molecule has 2 heterocycles. The fourth-order valence-electron chi connectivity index (χ4n) is 2.48. The zero-order valence-corrected chi connectivity index (χ0v) is 15.8. The molecule has 24 heavy (non-hydrogen) atoms. The first kappa shape index (κ1) is 22.9. The molecule has 1 aromatic rings. The average Bonchev–Trinajstić information content (AvgIpc) is 2.55. The van der Waals surface area contributed by atoms with Crippen molar-refractivity contribution in [2.75, 3.05) is 25.0 Å². The molecule has 9 heteroatoms. The molecule has 0 bridgehead atoms. The van der Waals surface area contributed by atoms with E-state index in [0.717, 1.165) is 12.8 Å². The van der Waals surface area contributed by atoms with Crippen LogP contribution in [0, 0.1) is 11.8 Å². The predicted octanol–water partition coefficient (Wildman–Crippen LogP) is 2.35. The zero-order valence-electron chi connectivity index (χ0n) is 13.4. The first-order valence-corrected chi connectivity index (χ1v) is 7.80. The van der Waals surface area contributed by atoms with Crippen LogP contribution in [0.25, 0.3) is 0 Å². The summed E-state index contributed by atoms with van der Waals surface area (Å²) in [5, 5.41) is 3.29. The highest BCUT2D eigenvalue weighted by Crippen LogP contribution is 2.20. The van der Waals surface area contributed by atoms with Crippen LogP contribution in [0.1, 0.15) is 19.8 Å². The van der Waals surface area contributed by atoms with Crippen LogP contribution in [0.5, 0.6) is 0 Å². The van der Waals surface area contributed by atoms with Crippen LogP contribution in [0.3, 0.4) is 0 Å². The summed E-state index contributed by atoms with van der Waals surface area (Å²) in [4.78, 5) is 30.3. The maximum absolute atomic E-state index is 12.3. The van der Waals surface area contributed by atoms with Crippen LogP contribution >= 0.6 is 36.4 Å². The van der Waals surface area contributed by atoms with Crippen LogP contribution < -0.4 is 11.1 Å². The van der Waals surface area contributed by atoms with Crippen molar-refractivity contribution in [2.24, 2.45) is 17.6 Å². The second kappa shape index (κ2) is 10.7. The van der Waals surface area contributed by atoms with Gasteiger partial charge in [-0.1, -0.05) is 18.5 Å². The normalized spacial score (nSPS) is 18.0. The first-order valence-electron chi connectivity index (χ1n) is 7.42. The molecule has 1 aliphatic heterocycles. The Bertz CT molecular complexity index is 542. The Morgan fingerprint density at radius 3 is 2.75 bits per heavy atom. The van der Waals surface area contributed by atoms with E-state index in [1.807, 2.05) is 6.92 Å². The van der Waals surface area contributed by atoms with Gasteiger partial charge in [0, 0.05) is 31.7 Å². The molecule has 3 N–H and O–H groups in total. The minimum absolute atomic E-state index is 0. The Hall–Kier alpha value is -1.08. The Labute approximate surface area is 159 Å². The second-order valence-corrected chi connectivity index (χ2v) is 6.05. The molecule has 6 nitrogen and oxygen atoms in total. The Balaban J connectivity index is 0.00000264. The number of carbonyl (C=O) groups excluding carboxylic acids is 2. The summed E-state index contributed by atoms with van der Waals surface area (Å²) in [5.41, 5.74) is 5.54. The van der Waals surface area contributed by atoms with Crippen LogP contribution in [-0.2, 0) is 9.59 Å². The van der Waals surface area contributed by atoms with Crippen molar-refractivity contribution in [2.45, 2.75) is 19.8 Å². The molecule has 0 aliphatic carbocycles. The minimum atomic E-state index is -0.222. The standard InChI is InChI=1S/C15H21ClN4O2.2ClH/c1-10(7-17)15(22)20-6-2-3-11(9-20)14(21)19-13-5-4-12(16)8-18-13;;/h4-5,8,10-11H,2-3,6-7,9,17H2,1H3,(H,18,19,21);2*1H. The highest BCUT2D eigenvalue weighted by molar-refractivity contribution is 6.30. The van der Waals surface area contributed by atoms with Gasteiger partial charge in [0.2, 0.25) is 11.8 Å². The summed E-state index contributed by atoms with van der Waals surface area (Å²) in [6, 6.07) is 3.33. The number of anilines is 1. The number of rotatable bonds is 4. The maximum Gasteiger partial charge on any atom is 0.230 e. The van der Waals surface area contributed by atoms with Gasteiger partial charge in [0.1, 0.15) is 5.82 Å². The fraction of sp³-hybridized carbons (Fsp3) is 0.533. The van der Waals surface area contributed by atoms with Gasteiger partial charge in [0.25, 0.3) is 0 Å². The van der Waals surface area contributed by atoms with E-state index in [1.165, 1.54) is 6.20 Å². The van der Waals surface area contributed by atoms with Crippen LogP contribution in [0.2, 0.25) is 5.02 Å². The van der Waals surface area contributed by atoms with Gasteiger partial charge in [0.05, 0.1) is 10.9 Å². The first-order chi connectivity index (χ1) is 10.5. The Morgan fingerprint density at radius 2 is 2.17 bits per heavy atom. The lowest BCUT2D eigenvalue weighted by Crippen LogP contribution is -2.46. The van der Waals surface area contributed by atoms with E-state index in [4.69, 9.17) is 17.3 Å². The van der Waals surface area contributed by atoms with Gasteiger partial charge >= 0.3 is 0 Å². The van der Waals surface area contributed by atoms with Gasteiger partial charge in [0.15, 0.2) is 0 Å². The molecule has 0 saturated carbocycles. The largest absolute Gasteiger partial charge is 0.342 e. The number of nitrogens with zero attached hydrogens (tertiary/aromatic N) is 2. The highest BCUT2D eigenvalue weighted by atomic mass is 35.5. The van der Waals surface area contributed by atoms with E-state index >= 15 is 0 Å². The predicted molar refractivity (Wildman–Crippen MR) is 99.9 cm³/mol. The number of nitrogens with two attached hydrogens (primary N) is 1. The van der Waals surface area contributed by atoms with E-state index in [1.54, 1.807) is 17.0 Å². The third-order valence-corrected chi connectivity index (χ3v) is 4.08. The molecule has 0 radical (unpaired) electrons. The van der Waals surface area contributed by atoms with E-state index in [2.05, 4.69) is 10.3 Å². The monoisotopic (exact) mass is 396 g/mol. The molecular formula is C15H23Cl3N4O2. The number of halogens is 3. The van der Waals surface area contributed by atoms with E-state index in [0.29, 0.717) is 30.5 Å². The van der Waals surface area contributed by atoms with E-state index < -0.39 is 0 Å². The average molecular weight is 398 g/mol. The van der Waals surface area contributed by atoms with Gasteiger partial charge in [-0.2, -0.15) is 0 Å². The highest BCUT2D eigenvalue weighted by Gasteiger charge is 2.30. The van der Waals surface area contributed by atoms with Crippen molar-refractivity contribution in [1.29, 1.82) is 0 Å². The molecule has 136 valence electrons. The number of likely N-dealkylation sites (tertiary alicyclic amines) is 1. The van der Waals surface area contributed by atoms with Crippen molar-refractivity contribution in [3.05, 3.63) is 23.4 Å². The molecule has 1 aliphatic rings. The topological polar surface area (TPSA) is 88.3 Å². The van der Waals surface area contributed by atoms with Crippen molar-refractivity contribution < 1.29 is 9.59 Å². The number of hydrogen-bond acceptors (Lipinski definition) is 4. The van der Waals surface area contributed by atoms with Gasteiger partial charge in [-0.05, 0) is 25.0 Å². The number of aromatic nitrogens is 1. The lowest BCUT2D eigenvalue weighted by atomic mass is 9.96.